The second-order valence-electron chi connectivity index (χ2n) is 8.93. The number of nitrogens with zero attached hydrogens (tertiary/aromatic N) is 2. The minimum absolute atomic E-state index is 0.119. The maximum atomic E-state index is 13.6. The summed E-state index contributed by atoms with van der Waals surface area (Å²) < 4.78 is 5.48. The Morgan fingerprint density at radius 2 is 1.79 bits per heavy atom. The zero-order chi connectivity index (χ0) is 24.0. The zero-order valence-electron chi connectivity index (χ0n) is 19.7. The molecule has 1 unspecified atom stereocenters. The largest absolute Gasteiger partial charge is 0.507 e. The van der Waals surface area contributed by atoms with E-state index < -0.39 is 0 Å². The molecule has 3 aromatic carbocycles. The summed E-state index contributed by atoms with van der Waals surface area (Å²) in [6.07, 6.45) is 0. The van der Waals surface area contributed by atoms with Gasteiger partial charge in [0.2, 0.25) is 0 Å². The van der Waals surface area contributed by atoms with Crippen molar-refractivity contribution in [2.24, 2.45) is 0 Å². The van der Waals surface area contributed by atoms with Gasteiger partial charge >= 0.3 is 0 Å². The molecule has 1 aliphatic rings. The summed E-state index contributed by atoms with van der Waals surface area (Å²) in [5.74, 6) is 0.750. The highest BCUT2D eigenvalue weighted by molar-refractivity contribution is 6.00. The molecule has 0 saturated carbocycles. The van der Waals surface area contributed by atoms with Crippen molar-refractivity contribution in [3.8, 4) is 22.8 Å². The lowest BCUT2D eigenvalue weighted by Crippen LogP contribution is -2.29. The molecule has 6 nitrogen and oxygen atoms in total. The first-order chi connectivity index (χ1) is 16.4. The molecule has 6 heteroatoms. The van der Waals surface area contributed by atoms with Gasteiger partial charge in [0.1, 0.15) is 22.9 Å². The molecule has 2 N–H and O–H groups in total. The molecule has 1 aliphatic heterocycles. The number of methoxy groups -OCH3 is 1. The van der Waals surface area contributed by atoms with E-state index in [0.717, 1.165) is 27.8 Å². The Balaban J connectivity index is 1.69. The molecule has 1 amide bonds. The Morgan fingerprint density at radius 3 is 2.50 bits per heavy atom. The molecular weight excluding hydrogens is 426 g/mol. The zero-order valence-corrected chi connectivity index (χ0v) is 19.7. The van der Waals surface area contributed by atoms with Crippen LogP contribution >= 0.6 is 0 Å². The first-order valence-electron chi connectivity index (χ1n) is 11.3. The number of phenolic OH excluding ortho intramolecular Hbond substituents is 1. The molecule has 0 spiro atoms. The predicted molar refractivity (Wildman–Crippen MR) is 131 cm³/mol. The number of benzene rings is 3. The number of H-pyrrole nitrogens is 1. The first kappa shape index (κ1) is 21.8. The predicted octanol–water partition coefficient (Wildman–Crippen LogP) is 5.46. The number of phenols is 1. The maximum absolute atomic E-state index is 13.6. The topological polar surface area (TPSA) is 78.5 Å². The number of ether oxygens (including phenoxy) is 1. The second-order valence-corrected chi connectivity index (χ2v) is 8.93. The van der Waals surface area contributed by atoms with E-state index in [1.165, 1.54) is 5.56 Å². The molecule has 0 saturated heterocycles. The number of aromatic amines is 1. The fourth-order valence-electron chi connectivity index (χ4n) is 4.85. The normalized spacial score (nSPS) is 15.0. The summed E-state index contributed by atoms with van der Waals surface area (Å²) in [5.41, 5.74) is 7.46. The minimum atomic E-state index is -0.382. The second kappa shape index (κ2) is 8.37. The maximum Gasteiger partial charge on any atom is 0.273 e. The molecule has 0 aliphatic carbocycles. The Labute approximate surface area is 198 Å². The van der Waals surface area contributed by atoms with Crippen molar-refractivity contribution >= 4 is 5.91 Å². The van der Waals surface area contributed by atoms with E-state index in [4.69, 9.17) is 4.74 Å². The summed E-state index contributed by atoms with van der Waals surface area (Å²) in [4.78, 5) is 15.5. The Kier molecular flexibility index (Phi) is 5.36. The molecule has 172 valence electrons. The van der Waals surface area contributed by atoms with Crippen molar-refractivity contribution < 1.29 is 14.6 Å². The van der Waals surface area contributed by atoms with E-state index >= 15 is 0 Å². The SMILES string of the molecule is COc1cccc(C2c3c(-c4c(C)cc(C)cc4O)n[nH]c3C(=O)N2Cc2ccc(C)cc2)c1. The van der Waals surface area contributed by atoms with E-state index in [9.17, 15) is 9.90 Å². The van der Waals surface area contributed by atoms with Crippen LogP contribution in [0.15, 0.2) is 60.7 Å². The van der Waals surface area contributed by atoms with Gasteiger partial charge in [0.15, 0.2) is 0 Å². The number of aromatic nitrogens is 2. The van der Waals surface area contributed by atoms with Gasteiger partial charge in [-0.3, -0.25) is 9.89 Å². The van der Waals surface area contributed by atoms with Crippen LogP contribution in [0.25, 0.3) is 11.3 Å². The van der Waals surface area contributed by atoms with Gasteiger partial charge in [-0.25, -0.2) is 0 Å². The van der Waals surface area contributed by atoms with Gasteiger partial charge in [-0.2, -0.15) is 5.10 Å². The van der Waals surface area contributed by atoms with Gasteiger partial charge in [0, 0.05) is 17.7 Å². The van der Waals surface area contributed by atoms with Crippen molar-refractivity contribution in [1.82, 2.24) is 15.1 Å². The van der Waals surface area contributed by atoms with Gasteiger partial charge in [0.25, 0.3) is 5.91 Å². The third-order valence-corrected chi connectivity index (χ3v) is 6.44. The minimum Gasteiger partial charge on any atom is -0.507 e. The standard InChI is InChI=1S/C28H27N3O3/c1-16-8-10-19(11-9-16)15-31-27(20-6-5-7-21(14-20)34-4)24-25(29-30-26(24)28(31)33)23-18(3)12-17(2)13-22(23)32/h5-14,27,32H,15H2,1-4H3,(H,29,30). The Morgan fingerprint density at radius 1 is 1.03 bits per heavy atom. The van der Waals surface area contributed by atoms with E-state index in [1.807, 2.05) is 68.1 Å². The van der Waals surface area contributed by atoms with Crippen LogP contribution in [0, 0.1) is 20.8 Å². The lowest BCUT2D eigenvalue weighted by molar-refractivity contribution is 0.0730. The molecule has 1 aromatic heterocycles. The van der Waals surface area contributed by atoms with Gasteiger partial charge in [-0.05, 0) is 61.2 Å². The number of fused-ring (bicyclic) bond motifs is 1. The molecular formula is C28H27N3O3. The highest BCUT2D eigenvalue weighted by Crippen LogP contribution is 2.46. The number of carbonyl (C=O) groups is 1. The summed E-state index contributed by atoms with van der Waals surface area (Å²) in [5, 5.41) is 18.3. The summed E-state index contributed by atoms with van der Waals surface area (Å²) >= 11 is 0. The van der Waals surface area contributed by atoms with Crippen molar-refractivity contribution in [2.75, 3.05) is 7.11 Å². The van der Waals surface area contributed by atoms with Crippen LogP contribution in [0.1, 0.15) is 49.9 Å². The summed E-state index contributed by atoms with van der Waals surface area (Å²) in [6, 6.07) is 19.3. The van der Waals surface area contributed by atoms with Crippen molar-refractivity contribution in [2.45, 2.75) is 33.4 Å². The lowest BCUT2D eigenvalue weighted by atomic mass is 9.93. The van der Waals surface area contributed by atoms with Gasteiger partial charge in [-0.15, -0.1) is 0 Å². The van der Waals surface area contributed by atoms with Crippen LogP contribution in [-0.2, 0) is 6.54 Å². The Bertz CT molecular complexity index is 1370. The van der Waals surface area contributed by atoms with Crippen LogP contribution in [0.5, 0.6) is 11.5 Å². The fourth-order valence-corrected chi connectivity index (χ4v) is 4.85. The number of rotatable bonds is 5. The third kappa shape index (κ3) is 3.61. The number of hydrogen-bond donors (Lipinski definition) is 2. The molecule has 0 fully saturated rings. The Hall–Kier alpha value is -4.06. The highest BCUT2D eigenvalue weighted by atomic mass is 16.5. The number of hydrogen-bond acceptors (Lipinski definition) is 4. The molecule has 1 atom stereocenters. The lowest BCUT2D eigenvalue weighted by Gasteiger charge is -2.27. The molecule has 0 radical (unpaired) electrons. The van der Waals surface area contributed by atoms with E-state index in [2.05, 4.69) is 22.3 Å². The number of carbonyl (C=O) groups excluding carboxylic acids is 1. The van der Waals surface area contributed by atoms with Crippen LogP contribution in [0.3, 0.4) is 0 Å². The average molecular weight is 454 g/mol. The van der Waals surface area contributed by atoms with Gasteiger partial charge in [-0.1, -0.05) is 48.0 Å². The van der Waals surface area contributed by atoms with E-state index in [-0.39, 0.29) is 17.7 Å². The molecule has 34 heavy (non-hydrogen) atoms. The average Bonchev–Trinajstić information content (AvgIpc) is 3.34. The third-order valence-electron chi connectivity index (χ3n) is 6.44. The summed E-state index contributed by atoms with van der Waals surface area (Å²) in [7, 11) is 1.63. The molecule has 2 heterocycles. The van der Waals surface area contributed by atoms with Crippen LogP contribution in [0.4, 0.5) is 0 Å². The van der Waals surface area contributed by atoms with Crippen molar-refractivity contribution in [3.05, 3.63) is 99.7 Å². The van der Waals surface area contributed by atoms with E-state index in [0.29, 0.717) is 29.2 Å². The molecule has 5 rings (SSSR count). The molecule has 0 bridgehead atoms. The van der Waals surface area contributed by atoms with Gasteiger partial charge in [0.05, 0.1) is 13.2 Å². The van der Waals surface area contributed by atoms with Crippen LogP contribution in [-0.4, -0.2) is 33.2 Å². The molecule has 4 aromatic rings. The van der Waals surface area contributed by atoms with Gasteiger partial charge < -0.3 is 14.7 Å². The first-order valence-corrected chi connectivity index (χ1v) is 11.3. The number of amides is 1. The smallest absolute Gasteiger partial charge is 0.273 e. The summed E-state index contributed by atoms with van der Waals surface area (Å²) in [6.45, 7) is 6.38. The quantitative estimate of drug-likeness (QED) is 0.421. The van der Waals surface area contributed by atoms with Crippen molar-refractivity contribution in [1.29, 1.82) is 0 Å². The monoisotopic (exact) mass is 453 g/mol. The number of aryl methyl sites for hydroxylation is 3. The highest BCUT2D eigenvalue weighted by Gasteiger charge is 2.42. The number of aromatic hydroxyl groups is 1. The van der Waals surface area contributed by atoms with E-state index in [1.54, 1.807) is 13.2 Å². The van der Waals surface area contributed by atoms with Crippen LogP contribution in [0.2, 0.25) is 0 Å². The van der Waals surface area contributed by atoms with Crippen LogP contribution < -0.4 is 4.74 Å². The van der Waals surface area contributed by atoms with Crippen molar-refractivity contribution in [3.63, 3.8) is 0 Å². The number of nitrogens with one attached hydrogen (secondary N) is 1. The fraction of sp³-hybridized carbons (Fsp3) is 0.214.